The quantitative estimate of drug-likeness (QED) is 0.435. The highest BCUT2D eigenvalue weighted by Gasteiger charge is 2.39. The van der Waals surface area contributed by atoms with Gasteiger partial charge >= 0.3 is 7.48 Å². The Labute approximate surface area is 243 Å². The maximum atomic E-state index is 13.7. The topological polar surface area (TPSA) is 102 Å². The number of rotatable bonds is 7. The van der Waals surface area contributed by atoms with Gasteiger partial charge in [-0.15, -0.1) is 0 Å². The summed E-state index contributed by atoms with van der Waals surface area (Å²) >= 11 is 0. The van der Waals surface area contributed by atoms with Crippen LogP contribution in [0.2, 0.25) is 0 Å². The van der Waals surface area contributed by atoms with E-state index in [-0.39, 0.29) is 5.91 Å². The number of pyridine rings is 1. The molecular formula is C32H39BN5O3. The van der Waals surface area contributed by atoms with Gasteiger partial charge in [0.2, 0.25) is 0 Å². The van der Waals surface area contributed by atoms with E-state index in [4.69, 9.17) is 4.65 Å². The molecule has 2 aliphatic rings. The highest BCUT2D eigenvalue weighted by Crippen LogP contribution is 2.39. The standard InChI is InChI=1S/C32H39BN5O3/c1-30(2,40)31(3,4)41-33-24-11-9-23(10-12-24)32(22-34)13-17-37(18-14-32)28-25-7-5-6-8-27(25)36-21-26(28)29(39)38-19-15-35-16-20-38/h5-12,21,35,40H,13-20H2,1-4H3. The average molecular weight is 553 g/mol. The summed E-state index contributed by atoms with van der Waals surface area (Å²) in [6.45, 7) is 11.4. The SMILES string of the molecule is CC(C)(O)C(C)(C)O[B]c1ccc(C2(C#N)CCN(c3c(C(=O)N4CCNCC4)cnc4ccccc34)CC2)cc1. The molecule has 0 unspecified atom stereocenters. The molecule has 8 nitrogen and oxygen atoms in total. The van der Waals surface area contributed by atoms with Gasteiger partial charge in [0, 0.05) is 50.9 Å². The Hall–Kier alpha value is -3.45. The third kappa shape index (κ3) is 5.83. The van der Waals surface area contributed by atoms with E-state index in [0.717, 1.165) is 40.7 Å². The molecule has 2 N–H and O–H groups in total. The van der Waals surface area contributed by atoms with Crippen molar-refractivity contribution >= 4 is 35.4 Å². The molecule has 2 saturated heterocycles. The Balaban J connectivity index is 1.36. The van der Waals surface area contributed by atoms with Gasteiger partial charge in [-0.1, -0.05) is 47.9 Å². The molecule has 0 bridgehead atoms. The number of piperidine rings is 1. The fourth-order valence-electron chi connectivity index (χ4n) is 5.48. The normalized spacial score (nSPS) is 17.8. The van der Waals surface area contributed by atoms with Crippen LogP contribution in [0, 0.1) is 11.3 Å². The molecule has 3 heterocycles. The second kappa shape index (κ2) is 11.4. The third-order valence-corrected chi connectivity index (χ3v) is 8.96. The molecular weight excluding hydrogens is 513 g/mol. The van der Waals surface area contributed by atoms with Gasteiger partial charge in [0.1, 0.15) is 0 Å². The molecule has 1 radical (unpaired) electrons. The van der Waals surface area contributed by atoms with Crippen molar-refractivity contribution in [2.24, 2.45) is 0 Å². The van der Waals surface area contributed by atoms with E-state index in [0.29, 0.717) is 44.6 Å². The molecule has 0 aliphatic carbocycles. The van der Waals surface area contributed by atoms with E-state index in [1.807, 2.05) is 67.3 Å². The van der Waals surface area contributed by atoms with Crippen LogP contribution < -0.4 is 15.7 Å². The molecule has 41 heavy (non-hydrogen) atoms. The lowest BCUT2D eigenvalue weighted by molar-refractivity contribution is -0.0893. The van der Waals surface area contributed by atoms with Crippen LogP contribution in [-0.2, 0) is 10.1 Å². The highest BCUT2D eigenvalue weighted by molar-refractivity contribution is 6.47. The van der Waals surface area contributed by atoms with Crippen molar-refractivity contribution in [1.82, 2.24) is 15.2 Å². The molecule has 2 fully saturated rings. The number of fused-ring (bicyclic) bond motifs is 1. The van der Waals surface area contributed by atoms with Gasteiger partial charge in [0.05, 0.1) is 39.5 Å². The smallest absolute Gasteiger partial charge is 0.330 e. The molecule has 0 saturated carbocycles. The lowest BCUT2D eigenvalue weighted by atomic mass is 9.72. The lowest BCUT2D eigenvalue weighted by Crippen LogP contribution is -2.49. The number of para-hydroxylation sites is 1. The van der Waals surface area contributed by atoms with Crippen LogP contribution in [-0.4, -0.2) is 78.9 Å². The Bertz CT molecular complexity index is 1430. The van der Waals surface area contributed by atoms with Crippen LogP contribution in [0.15, 0.2) is 54.7 Å². The summed E-state index contributed by atoms with van der Waals surface area (Å²) < 4.78 is 5.90. The van der Waals surface area contributed by atoms with Crippen molar-refractivity contribution in [3.8, 4) is 6.07 Å². The highest BCUT2D eigenvalue weighted by atomic mass is 16.5. The number of anilines is 1. The zero-order chi connectivity index (χ0) is 29.3. The van der Waals surface area contributed by atoms with Crippen molar-refractivity contribution in [3.63, 3.8) is 0 Å². The number of hydrogen-bond donors (Lipinski definition) is 2. The number of nitriles is 1. The molecule has 0 spiro atoms. The van der Waals surface area contributed by atoms with E-state index >= 15 is 0 Å². The van der Waals surface area contributed by atoms with Gasteiger partial charge in [-0.3, -0.25) is 9.78 Å². The number of carbonyl (C=O) groups excluding carboxylic acids is 1. The number of nitrogens with zero attached hydrogens (tertiary/aromatic N) is 4. The van der Waals surface area contributed by atoms with Crippen LogP contribution in [0.25, 0.3) is 10.9 Å². The fraction of sp³-hybridized carbons (Fsp3) is 0.469. The first-order valence-electron chi connectivity index (χ1n) is 14.4. The molecule has 3 aromatic rings. The van der Waals surface area contributed by atoms with Crippen molar-refractivity contribution in [3.05, 3.63) is 65.9 Å². The molecule has 1 aromatic heterocycles. The number of nitrogens with one attached hydrogen (secondary N) is 1. The van der Waals surface area contributed by atoms with Crippen molar-refractivity contribution in [2.75, 3.05) is 44.2 Å². The number of piperazine rings is 1. The molecule has 1 amide bonds. The van der Waals surface area contributed by atoms with Gasteiger partial charge < -0.3 is 24.9 Å². The minimum atomic E-state index is -1.00. The largest absolute Gasteiger partial charge is 0.427 e. The van der Waals surface area contributed by atoms with E-state index in [1.54, 1.807) is 27.5 Å². The summed E-state index contributed by atoms with van der Waals surface area (Å²) in [6.07, 6.45) is 3.02. The van der Waals surface area contributed by atoms with Gasteiger partial charge in [0.25, 0.3) is 5.91 Å². The van der Waals surface area contributed by atoms with Crippen LogP contribution in [0.3, 0.4) is 0 Å². The second-order valence-corrected chi connectivity index (χ2v) is 12.2. The molecule has 5 rings (SSSR count). The molecule has 0 atom stereocenters. The Morgan fingerprint density at radius 3 is 2.34 bits per heavy atom. The number of benzene rings is 2. The molecule has 2 aliphatic heterocycles. The van der Waals surface area contributed by atoms with E-state index in [1.165, 1.54) is 0 Å². The summed E-state index contributed by atoms with van der Waals surface area (Å²) in [5.74, 6) is 0.0127. The average Bonchev–Trinajstić information content (AvgIpc) is 2.99. The minimum absolute atomic E-state index is 0.0127. The second-order valence-electron chi connectivity index (χ2n) is 12.2. The summed E-state index contributed by atoms with van der Waals surface area (Å²) in [6, 6.07) is 18.5. The van der Waals surface area contributed by atoms with E-state index in [2.05, 4.69) is 21.3 Å². The zero-order valence-corrected chi connectivity index (χ0v) is 24.5. The minimum Gasteiger partial charge on any atom is -0.427 e. The van der Waals surface area contributed by atoms with Gasteiger partial charge in [0.15, 0.2) is 0 Å². The number of carbonyl (C=O) groups is 1. The predicted octanol–water partition coefficient (Wildman–Crippen LogP) is 3.15. The van der Waals surface area contributed by atoms with Crippen molar-refractivity contribution < 1.29 is 14.6 Å². The Morgan fingerprint density at radius 1 is 1.05 bits per heavy atom. The monoisotopic (exact) mass is 552 g/mol. The van der Waals surface area contributed by atoms with E-state index < -0.39 is 16.6 Å². The summed E-state index contributed by atoms with van der Waals surface area (Å²) in [5.41, 5.74) is 1.89. The number of aliphatic hydroxyl groups is 1. The van der Waals surface area contributed by atoms with Crippen molar-refractivity contribution in [1.29, 1.82) is 5.26 Å². The van der Waals surface area contributed by atoms with E-state index in [9.17, 15) is 15.2 Å². The summed E-state index contributed by atoms with van der Waals surface area (Å²) in [7, 11) is 1.66. The maximum Gasteiger partial charge on any atom is 0.330 e. The number of amides is 1. The molecule has 2 aromatic carbocycles. The zero-order valence-electron chi connectivity index (χ0n) is 24.5. The van der Waals surface area contributed by atoms with Gasteiger partial charge in [-0.2, -0.15) is 5.26 Å². The summed E-state index contributed by atoms with van der Waals surface area (Å²) in [5, 5.41) is 25.0. The van der Waals surface area contributed by atoms with Crippen LogP contribution >= 0.6 is 0 Å². The first kappa shape index (κ1) is 29.1. The third-order valence-electron chi connectivity index (χ3n) is 8.96. The predicted molar refractivity (Wildman–Crippen MR) is 163 cm³/mol. The van der Waals surface area contributed by atoms with Gasteiger partial charge in [-0.05, 0) is 52.2 Å². The van der Waals surface area contributed by atoms with Gasteiger partial charge in [-0.25, -0.2) is 0 Å². The Morgan fingerprint density at radius 2 is 1.71 bits per heavy atom. The number of hydrogen-bond acceptors (Lipinski definition) is 7. The fourth-order valence-corrected chi connectivity index (χ4v) is 5.48. The van der Waals surface area contributed by atoms with Crippen LogP contribution in [0.5, 0.6) is 0 Å². The Kier molecular flexibility index (Phi) is 8.11. The van der Waals surface area contributed by atoms with Crippen molar-refractivity contribution in [2.45, 2.75) is 57.2 Å². The number of aromatic nitrogens is 1. The first-order valence-corrected chi connectivity index (χ1v) is 14.4. The van der Waals surface area contributed by atoms with Crippen LogP contribution in [0.4, 0.5) is 5.69 Å². The lowest BCUT2D eigenvalue weighted by Gasteiger charge is -2.40. The molecule has 213 valence electrons. The summed E-state index contributed by atoms with van der Waals surface area (Å²) in [4.78, 5) is 22.5. The maximum absolute atomic E-state index is 13.7. The molecule has 9 heteroatoms. The van der Waals surface area contributed by atoms with Crippen LogP contribution in [0.1, 0.15) is 56.5 Å². The first-order chi connectivity index (χ1) is 19.5.